The van der Waals surface area contributed by atoms with Crippen molar-refractivity contribution in [2.75, 3.05) is 13.2 Å². The van der Waals surface area contributed by atoms with Crippen LogP contribution in [0.5, 0.6) is 0 Å². The monoisotopic (exact) mass is 462 g/mol. The van der Waals surface area contributed by atoms with Crippen molar-refractivity contribution in [3.8, 4) is 11.1 Å². The van der Waals surface area contributed by atoms with Gasteiger partial charge in [-0.2, -0.15) is 0 Å². The smallest absolute Gasteiger partial charge is 0.407 e. The van der Waals surface area contributed by atoms with Gasteiger partial charge >= 0.3 is 12.1 Å². The summed E-state index contributed by atoms with van der Waals surface area (Å²) in [5, 5.41) is 14.4. The summed E-state index contributed by atoms with van der Waals surface area (Å²) in [6.07, 6.45) is 6.09. The largest absolute Gasteiger partial charge is 0.478 e. The zero-order valence-corrected chi connectivity index (χ0v) is 19.0. The normalized spacial score (nSPS) is 19.6. The first-order valence-corrected chi connectivity index (χ1v) is 11.8. The van der Waals surface area contributed by atoms with Crippen molar-refractivity contribution in [2.24, 2.45) is 5.92 Å². The highest BCUT2D eigenvalue weighted by molar-refractivity contribution is 5.82. The van der Waals surface area contributed by atoms with E-state index in [1.54, 1.807) is 0 Å². The van der Waals surface area contributed by atoms with Crippen LogP contribution in [0.25, 0.3) is 11.1 Å². The molecule has 0 bridgehead atoms. The molecule has 0 unspecified atom stereocenters. The molecule has 2 amide bonds. The number of benzene rings is 2. The van der Waals surface area contributed by atoms with Gasteiger partial charge in [0.1, 0.15) is 6.61 Å². The molecule has 1 fully saturated rings. The predicted octanol–water partition coefficient (Wildman–Crippen LogP) is 4.23. The van der Waals surface area contributed by atoms with Crippen LogP contribution >= 0.6 is 0 Å². The van der Waals surface area contributed by atoms with Crippen molar-refractivity contribution < 1.29 is 24.2 Å². The van der Waals surface area contributed by atoms with E-state index < -0.39 is 12.1 Å². The van der Waals surface area contributed by atoms with Crippen LogP contribution in [-0.4, -0.2) is 42.3 Å². The molecule has 2 aromatic rings. The number of carbonyl (C=O) groups excluding carboxylic acids is 2. The minimum Gasteiger partial charge on any atom is -0.478 e. The van der Waals surface area contributed by atoms with Gasteiger partial charge in [-0.25, -0.2) is 9.59 Å². The molecular weight excluding hydrogens is 432 g/mol. The molecule has 34 heavy (non-hydrogen) atoms. The number of nitrogens with one attached hydrogen (secondary N) is 2. The molecule has 2 aliphatic rings. The molecule has 0 heterocycles. The quantitative estimate of drug-likeness (QED) is 0.422. The standard InChI is InChI=1S/C27H30N2O5/c30-25(31)15-8-16-28-26(32)22-13-2-1-3-14-24(22)29-27(33)34-17-23-20-11-6-4-9-18(20)19-10-5-7-12-21(19)23/h4-12,15,22-24H,1-3,13-14,16-17H2,(H,28,32)(H,29,33)(H,30,31)/b15-8+/t22-,24+/m1/s1. The van der Waals surface area contributed by atoms with Crippen LogP contribution in [0.1, 0.15) is 49.1 Å². The molecule has 0 aliphatic heterocycles. The fraction of sp³-hybridized carbons (Fsp3) is 0.370. The van der Waals surface area contributed by atoms with Crippen molar-refractivity contribution in [2.45, 2.75) is 44.1 Å². The van der Waals surface area contributed by atoms with E-state index in [2.05, 4.69) is 34.9 Å². The first-order valence-electron chi connectivity index (χ1n) is 11.8. The van der Waals surface area contributed by atoms with E-state index in [-0.39, 0.29) is 36.9 Å². The number of ether oxygens (including phenoxy) is 1. The number of rotatable bonds is 7. The third-order valence-electron chi connectivity index (χ3n) is 6.65. The van der Waals surface area contributed by atoms with Crippen molar-refractivity contribution in [3.05, 3.63) is 71.8 Å². The first-order chi connectivity index (χ1) is 16.5. The Labute approximate surface area is 199 Å². The Morgan fingerprint density at radius 3 is 2.26 bits per heavy atom. The van der Waals surface area contributed by atoms with Gasteiger partial charge in [-0.15, -0.1) is 0 Å². The molecule has 2 atom stereocenters. The van der Waals surface area contributed by atoms with E-state index >= 15 is 0 Å². The molecule has 0 radical (unpaired) electrons. The Hall–Kier alpha value is -3.61. The van der Waals surface area contributed by atoms with E-state index in [0.29, 0.717) is 12.8 Å². The Bertz CT molecular complexity index is 1030. The molecule has 0 aromatic heterocycles. The van der Waals surface area contributed by atoms with E-state index in [9.17, 15) is 14.4 Å². The van der Waals surface area contributed by atoms with Crippen LogP contribution in [0.2, 0.25) is 0 Å². The zero-order valence-electron chi connectivity index (χ0n) is 19.0. The van der Waals surface area contributed by atoms with Gasteiger partial charge in [0.25, 0.3) is 0 Å². The summed E-state index contributed by atoms with van der Waals surface area (Å²) in [5.41, 5.74) is 4.64. The van der Waals surface area contributed by atoms with E-state index in [0.717, 1.165) is 36.5 Å². The van der Waals surface area contributed by atoms with Gasteiger partial charge in [-0.3, -0.25) is 4.79 Å². The number of hydrogen-bond acceptors (Lipinski definition) is 4. The predicted molar refractivity (Wildman–Crippen MR) is 128 cm³/mol. The Kier molecular flexibility index (Phi) is 7.62. The van der Waals surface area contributed by atoms with Gasteiger partial charge in [0.05, 0.1) is 5.92 Å². The van der Waals surface area contributed by atoms with Gasteiger partial charge in [-0.05, 0) is 35.1 Å². The summed E-state index contributed by atoms with van der Waals surface area (Å²) in [5.74, 6) is -1.63. The number of fused-ring (bicyclic) bond motifs is 3. The maximum Gasteiger partial charge on any atom is 0.407 e. The second kappa shape index (κ2) is 11.0. The fourth-order valence-corrected chi connectivity index (χ4v) is 5.04. The highest BCUT2D eigenvalue weighted by Gasteiger charge is 2.32. The molecule has 7 nitrogen and oxygen atoms in total. The number of carboxylic acid groups (broad SMARTS) is 1. The average Bonchev–Trinajstić information content (AvgIpc) is 2.96. The molecule has 3 N–H and O–H groups in total. The molecule has 2 aliphatic carbocycles. The van der Waals surface area contributed by atoms with Gasteiger partial charge in [0.15, 0.2) is 0 Å². The highest BCUT2D eigenvalue weighted by atomic mass is 16.5. The van der Waals surface area contributed by atoms with Crippen molar-refractivity contribution in [3.63, 3.8) is 0 Å². The van der Waals surface area contributed by atoms with Crippen LogP contribution in [0.4, 0.5) is 4.79 Å². The zero-order chi connectivity index (χ0) is 23.9. The first kappa shape index (κ1) is 23.5. The molecule has 1 saturated carbocycles. The molecule has 7 heteroatoms. The van der Waals surface area contributed by atoms with Gasteiger partial charge in [-0.1, -0.05) is 73.9 Å². The fourth-order valence-electron chi connectivity index (χ4n) is 5.04. The Morgan fingerprint density at radius 1 is 0.941 bits per heavy atom. The molecule has 0 spiro atoms. The lowest BCUT2D eigenvalue weighted by atomic mass is 9.94. The van der Waals surface area contributed by atoms with Crippen LogP contribution in [-0.2, 0) is 14.3 Å². The topological polar surface area (TPSA) is 105 Å². The summed E-state index contributed by atoms with van der Waals surface area (Å²) in [6, 6.07) is 16.0. The molecule has 178 valence electrons. The van der Waals surface area contributed by atoms with E-state index in [1.165, 1.54) is 17.2 Å². The Morgan fingerprint density at radius 2 is 1.59 bits per heavy atom. The van der Waals surface area contributed by atoms with Crippen molar-refractivity contribution >= 4 is 18.0 Å². The summed E-state index contributed by atoms with van der Waals surface area (Å²) in [7, 11) is 0. The SMILES string of the molecule is O=C(O)/C=C/CNC(=O)[C@@H]1CCCCC[C@@H]1NC(=O)OCC1c2ccccc2-c2ccccc21. The van der Waals surface area contributed by atoms with Crippen LogP contribution < -0.4 is 10.6 Å². The van der Waals surface area contributed by atoms with Crippen molar-refractivity contribution in [1.29, 1.82) is 0 Å². The molecular formula is C27H30N2O5. The number of amides is 2. The van der Waals surface area contributed by atoms with Crippen LogP contribution in [0, 0.1) is 5.92 Å². The van der Waals surface area contributed by atoms with Crippen LogP contribution in [0.3, 0.4) is 0 Å². The lowest BCUT2D eigenvalue weighted by Crippen LogP contribution is -2.46. The number of carboxylic acids is 1. The summed E-state index contributed by atoms with van der Waals surface area (Å²) >= 11 is 0. The maximum absolute atomic E-state index is 12.8. The average molecular weight is 463 g/mol. The van der Waals surface area contributed by atoms with E-state index in [1.807, 2.05) is 24.3 Å². The minimum absolute atomic E-state index is 0.0209. The second-order valence-corrected chi connectivity index (χ2v) is 8.81. The van der Waals surface area contributed by atoms with E-state index in [4.69, 9.17) is 9.84 Å². The van der Waals surface area contributed by atoms with Gasteiger partial charge in [0.2, 0.25) is 5.91 Å². The second-order valence-electron chi connectivity index (χ2n) is 8.81. The number of hydrogen-bond donors (Lipinski definition) is 3. The minimum atomic E-state index is -1.06. The third kappa shape index (κ3) is 5.47. The van der Waals surface area contributed by atoms with Gasteiger partial charge < -0.3 is 20.5 Å². The summed E-state index contributed by atoms with van der Waals surface area (Å²) in [4.78, 5) is 36.1. The van der Waals surface area contributed by atoms with Crippen LogP contribution in [0.15, 0.2) is 60.7 Å². The summed E-state index contributed by atoms with van der Waals surface area (Å²) < 4.78 is 5.68. The third-order valence-corrected chi connectivity index (χ3v) is 6.65. The lowest BCUT2D eigenvalue weighted by Gasteiger charge is -2.25. The number of alkyl carbamates (subject to hydrolysis) is 1. The summed E-state index contributed by atoms with van der Waals surface area (Å²) in [6.45, 7) is 0.364. The highest BCUT2D eigenvalue weighted by Crippen LogP contribution is 2.44. The maximum atomic E-state index is 12.8. The number of carbonyl (C=O) groups is 3. The Balaban J connectivity index is 1.37. The van der Waals surface area contributed by atoms with Gasteiger partial charge in [0, 0.05) is 24.6 Å². The van der Waals surface area contributed by atoms with Crippen molar-refractivity contribution in [1.82, 2.24) is 10.6 Å². The molecule has 2 aromatic carbocycles. The molecule has 0 saturated heterocycles. The molecule has 4 rings (SSSR count). The lowest BCUT2D eigenvalue weighted by molar-refractivity contribution is -0.131. The number of aliphatic carboxylic acids is 1.